The molecule has 5 aromatic rings. The number of benzene rings is 5. The van der Waals surface area contributed by atoms with Gasteiger partial charge >= 0.3 is 6.03 Å². The van der Waals surface area contributed by atoms with Gasteiger partial charge in [0.25, 0.3) is 5.91 Å². The van der Waals surface area contributed by atoms with Gasteiger partial charge in [-0.2, -0.15) is 0 Å². The van der Waals surface area contributed by atoms with Crippen LogP contribution in [0.5, 0.6) is 11.5 Å². The van der Waals surface area contributed by atoms with Crippen molar-refractivity contribution in [2.75, 3.05) is 5.32 Å². The summed E-state index contributed by atoms with van der Waals surface area (Å²) in [5.41, 5.74) is -0.669. The van der Waals surface area contributed by atoms with Crippen LogP contribution in [0.1, 0.15) is 10.4 Å². The number of halogens is 5. The third-order valence-corrected chi connectivity index (χ3v) is 10.8. The van der Waals surface area contributed by atoms with E-state index in [9.17, 15) is 31.0 Å². The fraction of sp³-hybridized carbons (Fsp3) is 0. The van der Waals surface area contributed by atoms with Crippen LogP contribution in [0, 0.1) is 11.6 Å². The lowest BCUT2D eigenvalue weighted by atomic mass is 10.2. The minimum absolute atomic E-state index is 0.0797. The molecule has 0 spiro atoms. The van der Waals surface area contributed by atoms with E-state index in [1.54, 1.807) is 6.07 Å². The molecule has 0 bridgehead atoms. The highest BCUT2D eigenvalue weighted by molar-refractivity contribution is 7.91. The summed E-state index contributed by atoms with van der Waals surface area (Å²) in [4.78, 5) is 24.7. The van der Waals surface area contributed by atoms with E-state index in [1.165, 1.54) is 78.9 Å². The SMILES string of the molecule is O=C(NC(=O)c1c(F)cccc1F)Nc1ccc(Oc2ccc(S(=O)(=O)c3ccc(S(=O)c4ccc(Cl)cc4Cl)cc3)c(Cl)c2)cc1. The lowest BCUT2D eigenvalue weighted by molar-refractivity contribution is 0.0959. The maximum Gasteiger partial charge on any atom is 0.326 e. The maximum absolute atomic E-state index is 13.8. The van der Waals surface area contributed by atoms with Crippen molar-refractivity contribution in [3.05, 3.63) is 135 Å². The van der Waals surface area contributed by atoms with E-state index >= 15 is 0 Å². The number of carbonyl (C=O) groups is 2. The number of sulfone groups is 1. The summed E-state index contributed by atoms with van der Waals surface area (Å²) in [5.74, 6) is -3.00. The Kier molecular flexibility index (Phi) is 10.3. The third-order valence-electron chi connectivity index (χ3n) is 6.40. The van der Waals surface area contributed by atoms with Gasteiger partial charge in [-0.05, 0) is 91.0 Å². The van der Waals surface area contributed by atoms with Crippen molar-refractivity contribution < 1.29 is 35.7 Å². The summed E-state index contributed by atoms with van der Waals surface area (Å²) in [6.07, 6.45) is 0. The lowest BCUT2D eigenvalue weighted by Crippen LogP contribution is -2.35. The van der Waals surface area contributed by atoms with Crippen LogP contribution in [0.15, 0.2) is 123 Å². The number of rotatable bonds is 8. The monoisotopic (exact) mass is 734 g/mol. The summed E-state index contributed by atoms with van der Waals surface area (Å²) in [5, 5.41) is 4.69. The van der Waals surface area contributed by atoms with Gasteiger partial charge in [0.2, 0.25) is 9.84 Å². The standard InChI is InChI=1S/C32H19Cl3F2N2O6S2/c33-18-4-14-28(24(34)16-18)46(42)22-10-12-23(13-11-22)47(43,44)29-15-9-21(17-25(29)35)45-20-7-5-19(6-8-20)38-32(41)39-31(40)30-26(36)2-1-3-27(30)37/h1-17H,(H2,38,39,40,41). The van der Waals surface area contributed by atoms with Crippen molar-refractivity contribution in [1.82, 2.24) is 5.32 Å². The topological polar surface area (TPSA) is 119 Å². The van der Waals surface area contributed by atoms with Gasteiger partial charge < -0.3 is 10.1 Å². The van der Waals surface area contributed by atoms with E-state index in [0.717, 1.165) is 18.2 Å². The Labute approximate surface area is 284 Å². The average molecular weight is 736 g/mol. The Bertz CT molecular complexity index is 2130. The van der Waals surface area contributed by atoms with Crippen LogP contribution in [-0.2, 0) is 20.6 Å². The number of amides is 3. The van der Waals surface area contributed by atoms with Crippen LogP contribution in [0.4, 0.5) is 19.3 Å². The zero-order valence-electron chi connectivity index (χ0n) is 23.5. The van der Waals surface area contributed by atoms with Crippen molar-refractivity contribution in [3.63, 3.8) is 0 Å². The molecule has 2 N–H and O–H groups in total. The number of imide groups is 1. The smallest absolute Gasteiger partial charge is 0.326 e. The first kappa shape index (κ1) is 34.0. The van der Waals surface area contributed by atoms with Gasteiger partial charge in [-0.1, -0.05) is 40.9 Å². The first-order chi connectivity index (χ1) is 22.3. The van der Waals surface area contributed by atoms with Gasteiger partial charge in [-0.25, -0.2) is 26.2 Å². The second kappa shape index (κ2) is 14.2. The van der Waals surface area contributed by atoms with Crippen LogP contribution in [0.25, 0.3) is 0 Å². The van der Waals surface area contributed by atoms with E-state index < -0.39 is 49.8 Å². The molecule has 0 saturated carbocycles. The molecule has 0 radical (unpaired) electrons. The van der Waals surface area contributed by atoms with Crippen LogP contribution in [0.2, 0.25) is 15.1 Å². The Morgan fingerprint density at radius 3 is 2.00 bits per heavy atom. The van der Waals surface area contributed by atoms with Gasteiger partial charge in [-0.3, -0.25) is 10.1 Å². The first-order valence-corrected chi connectivity index (χ1v) is 17.0. The molecule has 0 aliphatic rings. The normalized spacial score (nSPS) is 11.9. The van der Waals surface area contributed by atoms with E-state index in [0.29, 0.717) is 14.8 Å². The molecule has 0 fully saturated rings. The zero-order chi connectivity index (χ0) is 33.9. The molecule has 0 aliphatic carbocycles. The molecule has 0 saturated heterocycles. The van der Waals surface area contributed by atoms with E-state index in [-0.39, 0.29) is 37.0 Å². The number of urea groups is 1. The van der Waals surface area contributed by atoms with Crippen molar-refractivity contribution in [3.8, 4) is 11.5 Å². The first-order valence-electron chi connectivity index (χ1n) is 13.2. The molecule has 15 heteroatoms. The largest absolute Gasteiger partial charge is 0.457 e. The fourth-order valence-corrected chi connectivity index (χ4v) is 7.64. The molecule has 0 aliphatic heterocycles. The Morgan fingerprint density at radius 1 is 0.745 bits per heavy atom. The number of ether oxygens (including phenoxy) is 1. The van der Waals surface area contributed by atoms with Gasteiger partial charge in [0.05, 0.1) is 35.5 Å². The second-order valence-corrected chi connectivity index (χ2v) is 14.2. The number of carbonyl (C=O) groups excluding carboxylic acids is 2. The predicted molar refractivity (Wildman–Crippen MR) is 174 cm³/mol. The van der Waals surface area contributed by atoms with Gasteiger partial charge in [0, 0.05) is 21.7 Å². The highest BCUT2D eigenvalue weighted by Crippen LogP contribution is 2.34. The summed E-state index contributed by atoms with van der Waals surface area (Å²) < 4.78 is 73.0. The molecular weight excluding hydrogens is 717 g/mol. The van der Waals surface area contributed by atoms with Gasteiger partial charge in [0.15, 0.2) is 0 Å². The van der Waals surface area contributed by atoms with Crippen molar-refractivity contribution >= 4 is 73.1 Å². The molecule has 8 nitrogen and oxygen atoms in total. The zero-order valence-corrected chi connectivity index (χ0v) is 27.4. The number of nitrogens with one attached hydrogen (secondary N) is 2. The molecule has 47 heavy (non-hydrogen) atoms. The van der Waals surface area contributed by atoms with Crippen LogP contribution in [0.3, 0.4) is 0 Å². The van der Waals surface area contributed by atoms with Crippen LogP contribution >= 0.6 is 34.8 Å². The summed E-state index contributed by atoms with van der Waals surface area (Å²) in [6, 6.07) is 21.7. The van der Waals surface area contributed by atoms with Crippen LogP contribution in [-0.4, -0.2) is 24.6 Å². The van der Waals surface area contributed by atoms with Crippen LogP contribution < -0.4 is 15.4 Å². The minimum atomic E-state index is -4.07. The molecule has 0 aromatic heterocycles. The summed E-state index contributed by atoms with van der Waals surface area (Å²) in [7, 11) is -5.75. The highest BCUT2D eigenvalue weighted by atomic mass is 35.5. The average Bonchev–Trinajstić information content (AvgIpc) is 3.01. The van der Waals surface area contributed by atoms with Gasteiger partial charge in [0.1, 0.15) is 28.7 Å². The van der Waals surface area contributed by atoms with E-state index in [1.807, 2.05) is 5.32 Å². The maximum atomic E-state index is 13.8. The van der Waals surface area contributed by atoms with E-state index in [2.05, 4.69) is 5.32 Å². The molecule has 1 unspecified atom stereocenters. The van der Waals surface area contributed by atoms with Crippen molar-refractivity contribution in [1.29, 1.82) is 0 Å². The van der Waals surface area contributed by atoms with Crippen molar-refractivity contribution in [2.24, 2.45) is 0 Å². The number of hydrogen-bond donors (Lipinski definition) is 2. The van der Waals surface area contributed by atoms with E-state index in [4.69, 9.17) is 39.5 Å². The quantitative estimate of drug-likeness (QED) is 0.165. The fourth-order valence-electron chi connectivity index (χ4n) is 4.17. The Balaban J connectivity index is 1.23. The molecule has 5 rings (SSSR count). The molecule has 0 heterocycles. The molecular formula is C32H19Cl3F2N2O6S2. The van der Waals surface area contributed by atoms with Gasteiger partial charge in [-0.15, -0.1) is 0 Å². The molecule has 3 amide bonds. The molecule has 240 valence electrons. The predicted octanol–water partition coefficient (Wildman–Crippen LogP) is 8.68. The molecule has 5 aromatic carbocycles. The molecule has 1 atom stereocenters. The minimum Gasteiger partial charge on any atom is -0.457 e. The highest BCUT2D eigenvalue weighted by Gasteiger charge is 2.23. The van der Waals surface area contributed by atoms with Crippen molar-refractivity contribution in [2.45, 2.75) is 19.6 Å². The Morgan fingerprint density at radius 2 is 1.38 bits per heavy atom. The third kappa shape index (κ3) is 7.80. The second-order valence-electron chi connectivity index (χ2n) is 9.54. The Hall–Kier alpha value is -4.33. The summed E-state index contributed by atoms with van der Waals surface area (Å²) in [6.45, 7) is 0. The summed E-state index contributed by atoms with van der Waals surface area (Å²) >= 11 is 18.4. The lowest BCUT2D eigenvalue weighted by Gasteiger charge is -2.11. The number of hydrogen-bond acceptors (Lipinski definition) is 6. The number of anilines is 1.